The van der Waals surface area contributed by atoms with Gasteiger partial charge in [-0.3, -0.25) is 15.1 Å². The summed E-state index contributed by atoms with van der Waals surface area (Å²) >= 11 is 0. The minimum atomic E-state index is -0.0450. The molecule has 0 unspecified atom stereocenters. The summed E-state index contributed by atoms with van der Waals surface area (Å²) in [7, 11) is 0. The molecular weight excluding hydrogens is 456 g/mol. The van der Waals surface area contributed by atoms with Gasteiger partial charge in [-0.25, -0.2) is 0 Å². The topological polar surface area (TPSA) is 82.3 Å². The van der Waals surface area contributed by atoms with E-state index < -0.39 is 0 Å². The Hall–Kier alpha value is -4.71. The van der Waals surface area contributed by atoms with E-state index in [1.807, 2.05) is 36.8 Å². The number of aromatic amines is 2. The molecule has 0 atom stereocenters. The van der Waals surface area contributed by atoms with E-state index in [1.165, 1.54) is 0 Å². The van der Waals surface area contributed by atoms with E-state index in [1.54, 1.807) is 0 Å². The number of allylic oxidation sites excluding steroid dienone is 1. The van der Waals surface area contributed by atoms with Crippen LogP contribution in [0.15, 0.2) is 97.6 Å². The number of rotatable bonds is 5. The van der Waals surface area contributed by atoms with Gasteiger partial charge in [-0.05, 0) is 48.0 Å². The van der Waals surface area contributed by atoms with Crippen molar-refractivity contribution in [2.45, 2.75) is 20.8 Å². The third-order valence-electron chi connectivity index (χ3n) is 6.70. The van der Waals surface area contributed by atoms with Crippen molar-refractivity contribution in [3.05, 3.63) is 97.6 Å². The maximum atomic E-state index is 4.67. The number of nitrogens with zero attached hydrogens (tertiary/aromatic N) is 3. The predicted octanol–water partition coefficient (Wildman–Crippen LogP) is 7.81. The van der Waals surface area contributed by atoms with Crippen molar-refractivity contribution in [1.29, 1.82) is 0 Å². The van der Waals surface area contributed by atoms with Crippen molar-refractivity contribution in [1.82, 2.24) is 25.1 Å². The highest BCUT2D eigenvalue weighted by Gasteiger charge is 2.16. The molecule has 0 amide bonds. The summed E-state index contributed by atoms with van der Waals surface area (Å²) in [6.07, 6.45) is 5.53. The van der Waals surface area contributed by atoms with Crippen LogP contribution in [0.1, 0.15) is 20.8 Å². The van der Waals surface area contributed by atoms with Crippen LogP contribution < -0.4 is 5.32 Å². The van der Waals surface area contributed by atoms with Crippen LogP contribution in [-0.2, 0) is 0 Å². The van der Waals surface area contributed by atoms with Gasteiger partial charge in [0.15, 0.2) is 0 Å². The first-order valence-electron chi connectivity index (χ1n) is 12.3. The number of hydrogen-bond acceptors (Lipinski definition) is 4. The van der Waals surface area contributed by atoms with Gasteiger partial charge in [-0.1, -0.05) is 51.6 Å². The van der Waals surface area contributed by atoms with Crippen molar-refractivity contribution in [2.75, 3.05) is 5.32 Å². The van der Waals surface area contributed by atoms with Gasteiger partial charge < -0.3 is 10.3 Å². The Kier molecular flexibility index (Phi) is 5.37. The fraction of sp³-hybridized carbons (Fsp3) is 0.129. The highest BCUT2D eigenvalue weighted by molar-refractivity contribution is 6.01. The lowest BCUT2D eigenvalue weighted by Gasteiger charge is -2.23. The molecule has 0 aliphatic carbocycles. The summed E-state index contributed by atoms with van der Waals surface area (Å²) in [6.45, 7) is 10.6. The first-order valence-corrected chi connectivity index (χ1v) is 12.3. The first-order chi connectivity index (χ1) is 17.9. The first kappa shape index (κ1) is 22.7. The van der Waals surface area contributed by atoms with Crippen molar-refractivity contribution in [3.63, 3.8) is 0 Å². The molecule has 4 heterocycles. The Morgan fingerprint density at radius 1 is 0.865 bits per heavy atom. The number of nitrogens with one attached hydrogen (secondary N) is 3. The number of aromatic nitrogens is 5. The molecule has 0 fully saturated rings. The van der Waals surface area contributed by atoms with Crippen molar-refractivity contribution >= 4 is 27.5 Å². The lowest BCUT2D eigenvalue weighted by atomic mass is 9.93. The Balaban J connectivity index is 1.40. The van der Waals surface area contributed by atoms with Gasteiger partial charge in [-0.2, -0.15) is 5.10 Å². The number of anilines is 1. The molecule has 6 nitrogen and oxygen atoms in total. The van der Waals surface area contributed by atoms with Crippen LogP contribution >= 0.6 is 0 Å². The Morgan fingerprint density at radius 3 is 2.57 bits per heavy atom. The summed E-state index contributed by atoms with van der Waals surface area (Å²) < 4.78 is 0. The van der Waals surface area contributed by atoms with E-state index in [0.29, 0.717) is 0 Å². The molecule has 0 spiro atoms. The van der Waals surface area contributed by atoms with E-state index in [9.17, 15) is 0 Å². The second kappa shape index (κ2) is 8.75. The molecule has 0 saturated carbocycles. The van der Waals surface area contributed by atoms with E-state index in [-0.39, 0.29) is 5.41 Å². The molecule has 4 aromatic heterocycles. The van der Waals surface area contributed by atoms with Gasteiger partial charge in [0.2, 0.25) is 0 Å². The standard InChI is InChI=1S/C31H28N6/c1-19(31(2,3)4)34-22-14-21(17-32-18-22)20-11-12-28-25(15-20)30(37-36-28)29-16-24-23(8-7-10-27(24)35-29)26-9-5-6-13-33-26/h5-18,34-35H,1H2,2-4H3,(H,36,37). The molecule has 6 heteroatoms. The van der Waals surface area contributed by atoms with Crippen molar-refractivity contribution in [2.24, 2.45) is 5.41 Å². The number of benzene rings is 2. The van der Waals surface area contributed by atoms with Crippen LogP contribution in [0, 0.1) is 5.41 Å². The van der Waals surface area contributed by atoms with Crippen LogP contribution in [0.2, 0.25) is 0 Å². The normalized spacial score (nSPS) is 11.8. The molecule has 37 heavy (non-hydrogen) atoms. The molecule has 2 aromatic carbocycles. The van der Waals surface area contributed by atoms with E-state index in [4.69, 9.17) is 0 Å². The lowest BCUT2D eigenvalue weighted by Crippen LogP contribution is -2.15. The van der Waals surface area contributed by atoms with Crippen LogP contribution in [0.3, 0.4) is 0 Å². The summed E-state index contributed by atoms with van der Waals surface area (Å²) in [4.78, 5) is 12.6. The van der Waals surface area contributed by atoms with Crippen LogP contribution in [0.4, 0.5) is 5.69 Å². The zero-order chi connectivity index (χ0) is 25.6. The van der Waals surface area contributed by atoms with Gasteiger partial charge in [0.05, 0.1) is 28.8 Å². The number of fused-ring (bicyclic) bond motifs is 2. The number of hydrogen-bond donors (Lipinski definition) is 3. The Morgan fingerprint density at radius 2 is 1.76 bits per heavy atom. The molecule has 3 N–H and O–H groups in total. The highest BCUT2D eigenvalue weighted by Crippen LogP contribution is 2.35. The summed E-state index contributed by atoms with van der Waals surface area (Å²) in [5.41, 5.74) is 9.81. The second-order valence-electron chi connectivity index (χ2n) is 10.3. The monoisotopic (exact) mass is 484 g/mol. The maximum Gasteiger partial charge on any atom is 0.116 e. The average Bonchev–Trinajstić information content (AvgIpc) is 3.52. The quantitative estimate of drug-likeness (QED) is 0.233. The Bertz CT molecular complexity index is 1750. The van der Waals surface area contributed by atoms with E-state index >= 15 is 0 Å². The molecule has 0 aliphatic heterocycles. The molecule has 0 bridgehead atoms. The summed E-state index contributed by atoms with van der Waals surface area (Å²) in [5, 5.41) is 13.4. The van der Waals surface area contributed by atoms with Crippen molar-refractivity contribution < 1.29 is 0 Å². The molecule has 6 rings (SSSR count). The van der Waals surface area contributed by atoms with Crippen LogP contribution in [0.5, 0.6) is 0 Å². The van der Waals surface area contributed by atoms with Gasteiger partial charge in [-0.15, -0.1) is 0 Å². The number of pyridine rings is 2. The SMILES string of the molecule is C=C(Nc1cncc(-c2ccc3[nH]nc(-c4cc5c(-c6ccccn6)cccc5[nH]4)c3c2)c1)C(C)(C)C. The highest BCUT2D eigenvalue weighted by atomic mass is 15.1. The fourth-order valence-corrected chi connectivity index (χ4v) is 4.46. The third kappa shape index (κ3) is 4.27. The second-order valence-corrected chi connectivity index (χ2v) is 10.3. The number of H-pyrrole nitrogens is 2. The van der Waals surface area contributed by atoms with Crippen molar-refractivity contribution in [3.8, 4) is 33.8 Å². The molecular formula is C31H28N6. The van der Waals surface area contributed by atoms with Gasteiger partial charge in [0.25, 0.3) is 0 Å². The molecule has 182 valence electrons. The van der Waals surface area contributed by atoms with Gasteiger partial charge in [0.1, 0.15) is 5.69 Å². The van der Waals surface area contributed by atoms with E-state index in [0.717, 1.165) is 67.0 Å². The summed E-state index contributed by atoms with van der Waals surface area (Å²) in [6, 6.07) is 22.8. The van der Waals surface area contributed by atoms with Gasteiger partial charge >= 0.3 is 0 Å². The smallest absolute Gasteiger partial charge is 0.116 e. The van der Waals surface area contributed by atoms with Crippen LogP contribution in [-0.4, -0.2) is 25.1 Å². The summed E-state index contributed by atoms with van der Waals surface area (Å²) in [5.74, 6) is 0. The largest absolute Gasteiger partial charge is 0.358 e. The molecule has 0 aliphatic rings. The maximum absolute atomic E-state index is 4.67. The van der Waals surface area contributed by atoms with Crippen LogP contribution in [0.25, 0.3) is 55.6 Å². The van der Waals surface area contributed by atoms with Gasteiger partial charge in [0, 0.05) is 50.9 Å². The minimum Gasteiger partial charge on any atom is -0.358 e. The zero-order valence-electron chi connectivity index (χ0n) is 21.1. The zero-order valence-corrected chi connectivity index (χ0v) is 21.1. The third-order valence-corrected chi connectivity index (χ3v) is 6.70. The minimum absolute atomic E-state index is 0.0450. The molecule has 0 saturated heterocycles. The molecule has 0 radical (unpaired) electrons. The Labute approximate surface area is 215 Å². The predicted molar refractivity (Wildman–Crippen MR) is 152 cm³/mol. The fourth-order valence-electron chi connectivity index (χ4n) is 4.46. The average molecular weight is 485 g/mol. The van der Waals surface area contributed by atoms with E-state index in [2.05, 4.69) is 106 Å². The molecule has 6 aromatic rings. The lowest BCUT2D eigenvalue weighted by molar-refractivity contribution is 0.509.